The molecule has 1 unspecified atom stereocenters. The fourth-order valence-corrected chi connectivity index (χ4v) is 5.08. The van der Waals surface area contributed by atoms with Gasteiger partial charge in [-0.2, -0.15) is 0 Å². The second-order valence-corrected chi connectivity index (χ2v) is 9.52. The van der Waals surface area contributed by atoms with Crippen molar-refractivity contribution in [3.05, 3.63) is 54.0 Å². The third-order valence-corrected chi connectivity index (χ3v) is 6.83. The fraction of sp³-hybridized carbons (Fsp3) is 0.458. The number of hydrogen-bond donors (Lipinski definition) is 1. The number of nitrogens with one attached hydrogen (secondary N) is 1. The summed E-state index contributed by atoms with van der Waals surface area (Å²) >= 11 is 1.39. The zero-order valence-electron chi connectivity index (χ0n) is 18.5. The molecule has 32 heavy (non-hydrogen) atoms. The molecule has 1 atom stereocenters. The number of furan rings is 1. The Morgan fingerprint density at radius 1 is 1.19 bits per heavy atom. The minimum absolute atomic E-state index is 0.0873. The summed E-state index contributed by atoms with van der Waals surface area (Å²) in [6.07, 6.45) is 7.39. The molecule has 1 amide bonds. The van der Waals surface area contributed by atoms with Crippen LogP contribution in [0.3, 0.4) is 0 Å². The summed E-state index contributed by atoms with van der Waals surface area (Å²) in [7, 11) is 0. The van der Waals surface area contributed by atoms with Gasteiger partial charge in [-0.1, -0.05) is 57.0 Å². The molecule has 1 aliphatic rings. The SMILES string of the molecule is CC(C)C(NC(=O)CSc1nnc(-c2ccco2)n1C1CCCCC1)c1ccc(F)cc1. The monoisotopic (exact) mass is 456 g/mol. The number of thioether (sulfide) groups is 1. The van der Waals surface area contributed by atoms with Crippen LogP contribution in [-0.2, 0) is 4.79 Å². The van der Waals surface area contributed by atoms with Gasteiger partial charge in [-0.25, -0.2) is 4.39 Å². The van der Waals surface area contributed by atoms with E-state index in [9.17, 15) is 9.18 Å². The highest BCUT2D eigenvalue weighted by atomic mass is 32.2. The molecule has 0 saturated heterocycles. The minimum atomic E-state index is -0.285. The van der Waals surface area contributed by atoms with Crippen LogP contribution in [0.4, 0.5) is 4.39 Å². The number of hydrogen-bond acceptors (Lipinski definition) is 5. The molecule has 1 aliphatic carbocycles. The molecule has 170 valence electrons. The number of aromatic nitrogens is 3. The average Bonchev–Trinajstić information content (AvgIpc) is 3.47. The Morgan fingerprint density at radius 3 is 2.59 bits per heavy atom. The smallest absolute Gasteiger partial charge is 0.230 e. The van der Waals surface area contributed by atoms with Gasteiger partial charge in [-0.05, 0) is 48.6 Å². The largest absolute Gasteiger partial charge is 0.461 e. The number of carbonyl (C=O) groups is 1. The first-order valence-corrected chi connectivity index (χ1v) is 12.2. The van der Waals surface area contributed by atoms with E-state index in [4.69, 9.17) is 4.42 Å². The van der Waals surface area contributed by atoms with Gasteiger partial charge in [-0.3, -0.25) is 9.36 Å². The molecule has 0 aliphatic heterocycles. The Kier molecular flexibility index (Phi) is 7.29. The van der Waals surface area contributed by atoms with Crippen LogP contribution in [0, 0.1) is 11.7 Å². The van der Waals surface area contributed by atoms with E-state index < -0.39 is 0 Å². The molecular weight excluding hydrogens is 427 g/mol. The van der Waals surface area contributed by atoms with Crippen molar-refractivity contribution in [2.75, 3.05) is 5.75 Å². The van der Waals surface area contributed by atoms with Crippen LogP contribution in [0.5, 0.6) is 0 Å². The molecule has 0 bridgehead atoms. The van der Waals surface area contributed by atoms with Gasteiger partial charge in [0.15, 0.2) is 10.9 Å². The van der Waals surface area contributed by atoms with Crippen molar-refractivity contribution >= 4 is 17.7 Å². The highest BCUT2D eigenvalue weighted by Gasteiger charge is 2.26. The van der Waals surface area contributed by atoms with Gasteiger partial charge in [-0.15, -0.1) is 10.2 Å². The molecule has 1 saturated carbocycles. The molecule has 0 spiro atoms. The van der Waals surface area contributed by atoms with Gasteiger partial charge >= 0.3 is 0 Å². The summed E-state index contributed by atoms with van der Waals surface area (Å²) < 4.78 is 21.0. The van der Waals surface area contributed by atoms with Crippen molar-refractivity contribution in [1.82, 2.24) is 20.1 Å². The quantitative estimate of drug-likeness (QED) is 0.435. The van der Waals surface area contributed by atoms with E-state index in [0.717, 1.165) is 29.4 Å². The first kappa shape index (κ1) is 22.6. The summed E-state index contributed by atoms with van der Waals surface area (Å²) in [5, 5.41) is 12.6. The van der Waals surface area contributed by atoms with Crippen LogP contribution in [-0.4, -0.2) is 26.4 Å². The molecule has 8 heteroatoms. The lowest BCUT2D eigenvalue weighted by molar-refractivity contribution is -0.119. The van der Waals surface area contributed by atoms with Gasteiger partial charge in [0.25, 0.3) is 0 Å². The molecule has 2 aromatic heterocycles. The molecule has 1 fully saturated rings. The Hall–Kier alpha value is -2.61. The Morgan fingerprint density at radius 2 is 1.94 bits per heavy atom. The molecule has 1 aromatic carbocycles. The number of carbonyl (C=O) groups excluding carboxylic acids is 1. The van der Waals surface area contributed by atoms with E-state index in [1.54, 1.807) is 18.4 Å². The van der Waals surface area contributed by atoms with Crippen molar-refractivity contribution in [2.45, 2.75) is 63.2 Å². The van der Waals surface area contributed by atoms with Crippen molar-refractivity contribution in [3.63, 3.8) is 0 Å². The standard InChI is InChI=1S/C24H29FN4O2S/c1-16(2)22(17-10-12-18(25)13-11-17)26-21(30)15-32-24-28-27-23(20-9-6-14-31-20)29(24)19-7-4-3-5-8-19/h6,9-14,16,19,22H,3-5,7-8,15H2,1-2H3,(H,26,30). The normalized spacial score (nSPS) is 15.8. The zero-order chi connectivity index (χ0) is 22.5. The highest BCUT2D eigenvalue weighted by Crippen LogP contribution is 2.35. The zero-order valence-corrected chi connectivity index (χ0v) is 19.3. The number of rotatable bonds is 8. The van der Waals surface area contributed by atoms with Crippen molar-refractivity contribution in [1.29, 1.82) is 0 Å². The lowest BCUT2D eigenvalue weighted by Gasteiger charge is -2.25. The first-order chi connectivity index (χ1) is 15.5. The second kappa shape index (κ2) is 10.3. The maximum Gasteiger partial charge on any atom is 0.230 e. The first-order valence-electron chi connectivity index (χ1n) is 11.2. The molecular formula is C24H29FN4O2S. The van der Waals surface area contributed by atoms with Gasteiger partial charge < -0.3 is 9.73 Å². The van der Waals surface area contributed by atoms with E-state index >= 15 is 0 Å². The van der Waals surface area contributed by atoms with Crippen LogP contribution in [0.15, 0.2) is 52.2 Å². The van der Waals surface area contributed by atoms with Crippen LogP contribution in [0.25, 0.3) is 11.6 Å². The molecule has 2 heterocycles. The van der Waals surface area contributed by atoms with Crippen LogP contribution < -0.4 is 5.32 Å². The Balaban J connectivity index is 1.48. The van der Waals surface area contributed by atoms with E-state index in [1.165, 1.54) is 43.2 Å². The van der Waals surface area contributed by atoms with Gasteiger partial charge in [0.2, 0.25) is 11.7 Å². The summed E-state index contributed by atoms with van der Waals surface area (Å²) in [5.74, 6) is 1.44. The molecule has 1 N–H and O–H groups in total. The van der Waals surface area contributed by atoms with E-state index in [0.29, 0.717) is 11.8 Å². The predicted molar refractivity (Wildman–Crippen MR) is 123 cm³/mol. The third kappa shape index (κ3) is 5.23. The van der Waals surface area contributed by atoms with E-state index in [2.05, 4.69) is 20.1 Å². The van der Waals surface area contributed by atoms with E-state index in [1.807, 2.05) is 26.0 Å². The average molecular weight is 457 g/mol. The van der Waals surface area contributed by atoms with Gasteiger partial charge in [0.1, 0.15) is 5.82 Å². The number of halogens is 1. The molecule has 4 rings (SSSR count). The van der Waals surface area contributed by atoms with E-state index in [-0.39, 0.29) is 29.4 Å². The van der Waals surface area contributed by atoms with Crippen LogP contribution in [0.2, 0.25) is 0 Å². The minimum Gasteiger partial charge on any atom is -0.461 e. The predicted octanol–water partition coefficient (Wildman–Crippen LogP) is 5.79. The van der Waals surface area contributed by atoms with Crippen LogP contribution in [0.1, 0.15) is 63.6 Å². The Labute approximate surface area is 192 Å². The summed E-state index contributed by atoms with van der Waals surface area (Å²) in [6.45, 7) is 4.08. The van der Waals surface area contributed by atoms with Crippen molar-refractivity contribution in [2.24, 2.45) is 5.92 Å². The van der Waals surface area contributed by atoms with Crippen molar-refractivity contribution in [3.8, 4) is 11.6 Å². The number of amides is 1. The second-order valence-electron chi connectivity index (χ2n) is 8.57. The lowest BCUT2D eigenvalue weighted by atomic mass is 9.95. The number of benzene rings is 1. The number of nitrogens with zero attached hydrogens (tertiary/aromatic N) is 3. The van der Waals surface area contributed by atoms with Crippen molar-refractivity contribution < 1.29 is 13.6 Å². The molecule has 0 radical (unpaired) electrons. The molecule has 3 aromatic rings. The molecule has 6 nitrogen and oxygen atoms in total. The van der Waals surface area contributed by atoms with Gasteiger partial charge in [0.05, 0.1) is 18.1 Å². The third-order valence-electron chi connectivity index (χ3n) is 5.89. The highest BCUT2D eigenvalue weighted by molar-refractivity contribution is 7.99. The lowest BCUT2D eigenvalue weighted by Crippen LogP contribution is -2.33. The fourth-order valence-electron chi connectivity index (χ4n) is 4.27. The van der Waals surface area contributed by atoms with Crippen LogP contribution >= 0.6 is 11.8 Å². The maximum atomic E-state index is 13.3. The topological polar surface area (TPSA) is 73.0 Å². The van der Waals surface area contributed by atoms with Gasteiger partial charge in [0, 0.05) is 6.04 Å². The maximum absolute atomic E-state index is 13.3. The summed E-state index contributed by atoms with van der Waals surface area (Å²) in [4.78, 5) is 12.8. The summed E-state index contributed by atoms with van der Waals surface area (Å²) in [6, 6.07) is 10.2. The Bertz CT molecular complexity index is 1010. The summed E-state index contributed by atoms with van der Waals surface area (Å²) in [5.41, 5.74) is 0.894.